The second kappa shape index (κ2) is 10.0. The second-order valence-corrected chi connectivity index (χ2v) is 6.96. The summed E-state index contributed by atoms with van der Waals surface area (Å²) in [6.45, 7) is 10.1. The lowest BCUT2D eigenvalue weighted by Gasteiger charge is -2.30. The number of hydrogen-bond acceptors (Lipinski definition) is 7. The minimum Gasteiger partial charge on any atom is -0.483 e. The van der Waals surface area contributed by atoms with E-state index in [0.717, 1.165) is 56.6 Å². The molecule has 0 bridgehead atoms. The molecule has 1 aliphatic heterocycles. The van der Waals surface area contributed by atoms with Crippen LogP contribution in [-0.4, -0.2) is 61.0 Å². The van der Waals surface area contributed by atoms with Gasteiger partial charge in [0.2, 0.25) is 5.89 Å². The Kier molecular flexibility index (Phi) is 7.71. The fourth-order valence-electron chi connectivity index (χ4n) is 3.12. The van der Waals surface area contributed by atoms with Gasteiger partial charge in [0.25, 0.3) is 6.47 Å². The van der Waals surface area contributed by atoms with Gasteiger partial charge in [-0.15, -0.1) is 10.2 Å². The molecule has 26 heavy (non-hydrogen) atoms. The lowest BCUT2D eigenvalue weighted by Crippen LogP contribution is -2.36. The molecule has 0 radical (unpaired) electrons. The Bertz CT molecular complexity index is 669. The van der Waals surface area contributed by atoms with Gasteiger partial charge in [0.1, 0.15) is 12.2 Å². The molecule has 0 amide bonds. The Morgan fingerprint density at radius 1 is 1.42 bits per heavy atom. The van der Waals surface area contributed by atoms with E-state index >= 15 is 0 Å². The fourth-order valence-corrected chi connectivity index (χ4v) is 3.12. The van der Waals surface area contributed by atoms with Crippen molar-refractivity contribution < 1.29 is 14.4 Å². The fraction of sp³-hybridized carbons (Fsp3) is 0.706. The number of carboxylic acid groups (broad SMARTS) is 1. The standard InChI is InChI=1S/C16H26N6O.CH2O2/c1-12(2)9-15-18-16(23-20-15)14-5-4-6-21(10-14)7-8-22-11-17-19-13(22)3;2-1-3/h11-12,14H,4-10H2,1-3H3;1H,(H,2,3). The molecule has 0 aromatic carbocycles. The van der Waals surface area contributed by atoms with E-state index in [0.29, 0.717) is 11.8 Å². The van der Waals surface area contributed by atoms with Gasteiger partial charge in [0.15, 0.2) is 5.82 Å². The van der Waals surface area contributed by atoms with Gasteiger partial charge >= 0.3 is 0 Å². The van der Waals surface area contributed by atoms with Crippen molar-refractivity contribution in [3.63, 3.8) is 0 Å². The van der Waals surface area contributed by atoms with E-state index in [1.165, 1.54) is 6.42 Å². The molecule has 2 aromatic rings. The highest BCUT2D eigenvalue weighted by molar-refractivity contribution is 5.32. The van der Waals surface area contributed by atoms with Crippen molar-refractivity contribution in [3.05, 3.63) is 23.9 Å². The third-order valence-corrected chi connectivity index (χ3v) is 4.40. The molecule has 1 aliphatic rings. The molecule has 1 saturated heterocycles. The topological polar surface area (TPSA) is 110 Å². The van der Waals surface area contributed by atoms with E-state index < -0.39 is 0 Å². The number of piperidine rings is 1. The molecule has 1 atom stereocenters. The van der Waals surface area contributed by atoms with Crippen molar-refractivity contribution in [1.29, 1.82) is 0 Å². The molecule has 1 fully saturated rings. The van der Waals surface area contributed by atoms with Gasteiger partial charge in [-0.3, -0.25) is 4.79 Å². The lowest BCUT2D eigenvalue weighted by atomic mass is 9.98. The van der Waals surface area contributed by atoms with Crippen LogP contribution >= 0.6 is 0 Å². The number of carbonyl (C=O) groups is 1. The van der Waals surface area contributed by atoms with Crippen molar-refractivity contribution in [2.45, 2.75) is 52.5 Å². The van der Waals surface area contributed by atoms with Crippen LogP contribution in [0.1, 0.15) is 50.1 Å². The molecular formula is C17H28N6O3. The molecule has 2 aromatic heterocycles. The summed E-state index contributed by atoms with van der Waals surface area (Å²) in [5.41, 5.74) is 0. The maximum absolute atomic E-state index is 8.36. The Balaban J connectivity index is 0.000000758. The number of aromatic nitrogens is 5. The first-order chi connectivity index (χ1) is 12.5. The zero-order valence-electron chi connectivity index (χ0n) is 15.7. The largest absolute Gasteiger partial charge is 0.483 e. The molecule has 144 valence electrons. The van der Waals surface area contributed by atoms with E-state index in [1.54, 1.807) is 6.33 Å². The van der Waals surface area contributed by atoms with Gasteiger partial charge in [-0.2, -0.15) is 4.98 Å². The minimum atomic E-state index is -0.250. The Labute approximate surface area is 153 Å². The third-order valence-electron chi connectivity index (χ3n) is 4.40. The zero-order chi connectivity index (χ0) is 18.9. The first-order valence-corrected chi connectivity index (χ1v) is 9.00. The first-order valence-electron chi connectivity index (χ1n) is 9.00. The summed E-state index contributed by atoms with van der Waals surface area (Å²) >= 11 is 0. The number of nitrogens with zero attached hydrogens (tertiary/aromatic N) is 6. The van der Waals surface area contributed by atoms with Crippen LogP contribution in [0.25, 0.3) is 0 Å². The van der Waals surface area contributed by atoms with Crippen LogP contribution in [0.15, 0.2) is 10.9 Å². The monoisotopic (exact) mass is 364 g/mol. The summed E-state index contributed by atoms with van der Waals surface area (Å²) in [6, 6.07) is 0. The number of rotatable bonds is 6. The van der Waals surface area contributed by atoms with E-state index in [-0.39, 0.29) is 6.47 Å². The van der Waals surface area contributed by atoms with Gasteiger partial charge in [-0.25, -0.2) is 0 Å². The second-order valence-electron chi connectivity index (χ2n) is 6.96. The van der Waals surface area contributed by atoms with Crippen molar-refractivity contribution in [3.8, 4) is 0 Å². The summed E-state index contributed by atoms with van der Waals surface area (Å²) in [6.07, 6.45) is 4.99. The highest BCUT2D eigenvalue weighted by Crippen LogP contribution is 2.26. The highest BCUT2D eigenvalue weighted by Gasteiger charge is 2.26. The average Bonchev–Trinajstić information content (AvgIpc) is 3.22. The quantitative estimate of drug-likeness (QED) is 0.772. The van der Waals surface area contributed by atoms with E-state index in [9.17, 15) is 0 Å². The predicted molar refractivity (Wildman–Crippen MR) is 94.7 cm³/mol. The van der Waals surface area contributed by atoms with Crippen molar-refractivity contribution >= 4 is 6.47 Å². The van der Waals surface area contributed by atoms with Gasteiger partial charge < -0.3 is 19.1 Å². The molecule has 1 N–H and O–H groups in total. The molecule has 3 rings (SSSR count). The third kappa shape index (κ3) is 5.91. The van der Waals surface area contributed by atoms with Crippen molar-refractivity contribution in [2.24, 2.45) is 5.92 Å². The van der Waals surface area contributed by atoms with E-state index in [1.807, 2.05) is 6.92 Å². The molecule has 0 saturated carbocycles. The average molecular weight is 364 g/mol. The van der Waals surface area contributed by atoms with Crippen LogP contribution in [0.3, 0.4) is 0 Å². The molecule has 0 aliphatic carbocycles. The summed E-state index contributed by atoms with van der Waals surface area (Å²) in [5, 5.41) is 19.0. The summed E-state index contributed by atoms with van der Waals surface area (Å²) < 4.78 is 7.60. The van der Waals surface area contributed by atoms with E-state index in [2.05, 4.69) is 43.7 Å². The van der Waals surface area contributed by atoms with Crippen LogP contribution in [0.4, 0.5) is 0 Å². The Hall–Kier alpha value is -2.29. The Morgan fingerprint density at radius 3 is 2.85 bits per heavy atom. The van der Waals surface area contributed by atoms with Gasteiger partial charge in [-0.1, -0.05) is 19.0 Å². The number of hydrogen-bond donors (Lipinski definition) is 1. The van der Waals surface area contributed by atoms with Gasteiger partial charge in [0.05, 0.1) is 5.92 Å². The van der Waals surface area contributed by atoms with Crippen LogP contribution < -0.4 is 0 Å². The summed E-state index contributed by atoms with van der Waals surface area (Å²) in [5.74, 6) is 3.53. The molecule has 0 spiro atoms. The highest BCUT2D eigenvalue weighted by atomic mass is 16.5. The molecule has 1 unspecified atom stereocenters. The number of aryl methyl sites for hydroxylation is 1. The van der Waals surface area contributed by atoms with E-state index in [4.69, 9.17) is 14.4 Å². The molecular weight excluding hydrogens is 336 g/mol. The van der Waals surface area contributed by atoms with Crippen LogP contribution in [0.2, 0.25) is 0 Å². The zero-order valence-corrected chi connectivity index (χ0v) is 15.7. The van der Waals surface area contributed by atoms with Crippen molar-refractivity contribution in [1.82, 2.24) is 29.8 Å². The molecule has 9 nitrogen and oxygen atoms in total. The summed E-state index contributed by atoms with van der Waals surface area (Å²) in [7, 11) is 0. The molecule has 3 heterocycles. The van der Waals surface area contributed by atoms with Crippen LogP contribution in [-0.2, 0) is 17.8 Å². The van der Waals surface area contributed by atoms with Crippen molar-refractivity contribution in [2.75, 3.05) is 19.6 Å². The van der Waals surface area contributed by atoms with Gasteiger partial charge in [0, 0.05) is 26.1 Å². The minimum absolute atomic E-state index is 0.250. The van der Waals surface area contributed by atoms with Crippen LogP contribution in [0.5, 0.6) is 0 Å². The van der Waals surface area contributed by atoms with Gasteiger partial charge in [-0.05, 0) is 32.2 Å². The Morgan fingerprint density at radius 2 is 2.19 bits per heavy atom. The molecule has 9 heteroatoms. The normalized spacial score (nSPS) is 17.8. The SMILES string of the molecule is Cc1nncn1CCN1CCCC(c2nc(CC(C)C)no2)C1.O=CO. The maximum atomic E-state index is 8.36. The number of likely N-dealkylation sites (tertiary alicyclic amines) is 1. The predicted octanol–water partition coefficient (Wildman–Crippen LogP) is 1.75. The maximum Gasteiger partial charge on any atom is 0.290 e. The first kappa shape index (κ1) is 20.0. The van der Waals surface area contributed by atoms with Crippen LogP contribution in [0, 0.1) is 12.8 Å². The summed E-state index contributed by atoms with van der Waals surface area (Å²) in [4.78, 5) is 15.4. The lowest BCUT2D eigenvalue weighted by molar-refractivity contribution is -0.122. The smallest absolute Gasteiger partial charge is 0.290 e.